The molecule has 0 radical (unpaired) electrons. The number of fused-ring (bicyclic) bond motifs is 3. The molecule has 6 aliphatic rings. The first-order valence-electron chi connectivity index (χ1n) is 13.3. The Morgan fingerprint density at radius 2 is 1.61 bits per heavy atom. The van der Waals surface area contributed by atoms with Crippen molar-refractivity contribution in [2.24, 2.45) is 46.3 Å². The van der Waals surface area contributed by atoms with Crippen molar-refractivity contribution in [1.29, 1.82) is 0 Å². The lowest BCUT2D eigenvalue weighted by molar-refractivity contribution is -0.536. The van der Waals surface area contributed by atoms with Gasteiger partial charge in [0.2, 0.25) is 0 Å². The third-order valence-electron chi connectivity index (χ3n) is 11.6. The van der Waals surface area contributed by atoms with Gasteiger partial charge in [0, 0.05) is 11.8 Å². The normalized spacial score (nSPS) is 53.3. The molecule has 2 bridgehead atoms. The lowest BCUT2D eigenvalue weighted by Gasteiger charge is -2.72. The topological polar surface area (TPSA) is 38.7 Å². The zero-order chi connectivity index (χ0) is 22.2. The molecule has 1 N–H and O–H groups in total. The van der Waals surface area contributed by atoms with E-state index in [9.17, 15) is 5.11 Å². The first-order chi connectivity index (χ1) is 14.6. The highest BCUT2D eigenvalue weighted by Gasteiger charge is 2.75. The molecule has 4 aliphatic carbocycles. The molecule has 176 valence electrons. The van der Waals surface area contributed by atoms with Crippen LogP contribution in [0, 0.1) is 46.3 Å². The first kappa shape index (κ1) is 22.4. The van der Waals surface area contributed by atoms with Crippen LogP contribution in [0.15, 0.2) is 12.2 Å². The second-order valence-corrected chi connectivity index (χ2v) is 13.1. The maximum absolute atomic E-state index is 10.4. The number of allylic oxidation sites excluding steroid dienone is 2. The minimum absolute atomic E-state index is 0.102. The summed E-state index contributed by atoms with van der Waals surface area (Å²) in [6, 6.07) is 0. The van der Waals surface area contributed by atoms with E-state index in [-0.39, 0.29) is 22.7 Å². The Morgan fingerprint density at radius 1 is 0.839 bits per heavy atom. The Bertz CT molecular complexity index is 720. The SMILES string of the molecule is CC(C)[C@@H](C)/C=C/[C@@H](C)[C@@H]1CC[C@@H]2[C@]1(C)CC[C@H]1[C@]23CC[C@]2(C[C@H](O)CC[C@@]12C)OO3. The molecule has 0 amide bonds. The Labute approximate surface area is 190 Å². The molecule has 0 aromatic rings. The Kier molecular flexibility index (Phi) is 5.28. The van der Waals surface area contributed by atoms with Crippen LogP contribution < -0.4 is 0 Å². The summed E-state index contributed by atoms with van der Waals surface area (Å²) in [4.78, 5) is 12.9. The Morgan fingerprint density at radius 3 is 2.29 bits per heavy atom. The van der Waals surface area contributed by atoms with Gasteiger partial charge < -0.3 is 5.11 Å². The van der Waals surface area contributed by atoms with E-state index in [1.807, 2.05) is 0 Å². The molecule has 31 heavy (non-hydrogen) atoms. The number of hydrogen-bond donors (Lipinski definition) is 1. The van der Waals surface area contributed by atoms with E-state index >= 15 is 0 Å². The molecule has 2 saturated heterocycles. The predicted octanol–water partition coefficient (Wildman–Crippen LogP) is 6.70. The average Bonchev–Trinajstić information content (AvgIpc) is 3.09. The van der Waals surface area contributed by atoms with Crippen molar-refractivity contribution < 1.29 is 14.9 Å². The van der Waals surface area contributed by atoms with Gasteiger partial charge in [0.25, 0.3) is 0 Å². The quantitative estimate of drug-likeness (QED) is 0.398. The van der Waals surface area contributed by atoms with Crippen molar-refractivity contribution in [3.8, 4) is 0 Å². The third kappa shape index (κ3) is 2.94. The van der Waals surface area contributed by atoms with Gasteiger partial charge in [-0.05, 0) is 92.3 Å². The van der Waals surface area contributed by atoms with Gasteiger partial charge in [0.15, 0.2) is 0 Å². The van der Waals surface area contributed by atoms with Crippen molar-refractivity contribution >= 4 is 0 Å². The van der Waals surface area contributed by atoms with E-state index in [2.05, 4.69) is 53.7 Å². The summed E-state index contributed by atoms with van der Waals surface area (Å²) in [6.07, 6.45) is 14.9. The lowest BCUT2D eigenvalue weighted by Crippen LogP contribution is -2.75. The van der Waals surface area contributed by atoms with Crippen LogP contribution in [0.1, 0.15) is 99.3 Å². The highest BCUT2D eigenvalue weighted by molar-refractivity contribution is 5.23. The van der Waals surface area contributed by atoms with E-state index in [1.165, 1.54) is 25.7 Å². The van der Waals surface area contributed by atoms with Gasteiger partial charge in [-0.3, -0.25) is 0 Å². The van der Waals surface area contributed by atoms with Crippen LogP contribution in [0.3, 0.4) is 0 Å². The monoisotopic (exact) mass is 430 g/mol. The van der Waals surface area contributed by atoms with Crippen LogP contribution in [0.4, 0.5) is 0 Å². The fourth-order valence-corrected chi connectivity index (χ4v) is 9.32. The van der Waals surface area contributed by atoms with E-state index in [4.69, 9.17) is 9.78 Å². The second-order valence-electron chi connectivity index (χ2n) is 13.1. The zero-order valence-corrected chi connectivity index (χ0v) is 20.8. The second kappa shape index (κ2) is 7.31. The van der Waals surface area contributed by atoms with E-state index < -0.39 is 0 Å². The molecule has 2 heterocycles. The summed E-state index contributed by atoms with van der Waals surface area (Å²) in [5.41, 5.74) is 0.133. The van der Waals surface area contributed by atoms with Crippen molar-refractivity contribution in [1.82, 2.24) is 0 Å². The summed E-state index contributed by atoms with van der Waals surface area (Å²) in [6.45, 7) is 14.5. The minimum Gasteiger partial charge on any atom is -0.393 e. The standard InChI is InChI=1S/C28H46O3/c1-18(2)19(3)7-8-20(4)22-9-10-23-25(22,5)13-12-24-26(6)14-11-21(29)17-27(26)15-16-28(23,24)31-30-27/h7-8,18-24,29H,9-17H2,1-6H3/b8-7+/t19-,20+,21+,22-,23+,24+,25+,26-,27+,28-/m0/s1. The average molecular weight is 431 g/mol. The van der Waals surface area contributed by atoms with Gasteiger partial charge in [-0.2, -0.15) is 0 Å². The van der Waals surface area contributed by atoms with Gasteiger partial charge in [-0.15, -0.1) is 0 Å². The molecule has 3 nitrogen and oxygen atoms in total. The number of rotatable bonds is 4. The molecule has 0 unspecified atom stereocenters. The van der Waals surface area contributed by atoms with E-state index in [0.717, 1.165) is 38.0 Å². The number of aliphatic hydroxyl groups excluding tert-OH is 1. The van der Waals surface area contributed by atoms with Crippen molar-refractivity contribution in [3.63, 3.8) is 0 Å². The predicted molar refractivity (Wildman–Crippen MR) is 124 cm³/mol. The summed E-state index contributed by atoms with van der Waals surface area (Å²) in [5, 5.41) is 10.4. The minimum atomic E-state index is -0.258. The van der Waals surface area contributed by atoms with Gasteiger partial charge in [-0.25, -0.2) is 9.78 Å². The van der Waals surface area contributed by atoms with Gasteiger partial charge in [-0.1, -0.05) is 53.7 Å². The first-order valence-corrected chi connectivity index (χ1v) is 13.3. The summed E-state index contributed by atoms with van der Waals surface area (Å²) < 4.78 is 0. The fourth-order valence-electron chi connectivity index (χ4n) is 9.32. The van der Waals surface area contributed by atoms with Crippen molar-refractivity contribution in [2.75, 3.05) is 0 Å². The molecule has 2 aliphatic heterocycles. The van der Waals surface area contributed by atoms with Crippen LogP contribution in [0.25, 0.3) is 0 Å². The van der Waals surface area contributed by atoms with Crippen molar-refractivity contribution in [2.45, 2.75) is 117 Å². The van der Waals surface area contributed by atoms with Crippen LogP contribution in [-0.4, -0.2) is 22.4 Å². The van der Waals surface area contributed by atoms with Gasteiger partial charge in [0.1, 0.15) is 11.2 Å². The number of hydrogen-bond acceptors (Lipinski definition) is 3. The van der Waals surface area contributed by atoms with E-state index in [1.54, 1.807) is 0 Å². The molecule has 0 aromatic carbocycles. The molecule has 6 fully saturated rings. The molecular weight excluding hydrogens is 384 g/mol. The molecule has 2 spiro atoms. The lowest BCUT2D eigenvalue weighted by atomic mass is 9.40. The molecule has 6 rings (SSSR count). The maximum Gasteiger partial charge on any atom is 0.112 e. The summed E-state index contributed by atoms with van der Waals surface area (Å²) in [7, 11) is 0. The van der Waals surface area contributed by atoms with Crippen LogP contribution in [-0.2, 0) is 9.78 Å². The molecule has 0 aromatic heterocycles. The summed E-state index contributed by atoms with van der Waals surface area (Å²) >= 11 is 0. The van der Waals surface area contributed by atoms with Crippen LogP contribution in [0.2, 0.25) is 0 Å². The highest BCUT2D eigenvalue weighted by Crippen LogP contribution is 2.74. The Hall–Kier alpha value is -0.380. The largest absolute Gasteiger partial charge is 0.393 e. The van der Waals surface area contributed by atoms with Crippen LogP contribution in [0.5, 0.6) is 0 Å². The Balaban J connectivity index is 1.42. The summed E-state index contributed by atoms with van der Waals surface area (Å²) in [5.74, 6) is 3.89. The van der Waals surface area contributed by atoms with E-state index in [0.29, 0.717) is 35.0 Å². The molecular formula is C28H46O3. The molecule has 10 atom stereocenters. The fraction of sp³-hybridized carbons (Fsp3) is 0.929. The maximum atomic E-state index is 10.4. The highest BCUT2D eigenvalue weighted by atomic mass is 17.2. The van der Waals surface area contributed by atoms with Gasteiger partial charge in [0.05, 0.1) is 6.10 Å². The number of aliphatic hydroxyl groups is 1. The molecule has 4 saturated carbocycles. The third-order valence-corrected chi connectivity index (χ3v) is 11.6. The zero-order valence-electron chi connectivity index (χ0n) is 20.8. The van der Waals surface area contributed by atoms with Gasteiger partial charge >= 0.3 is 0 Å². The molecule has 3 heteroatoms. The van der Waals surface area contributed by atoms with Crippen molar-refractivity contribution in [3.05, 3.63) is 12.2 Å². The van der Waals surface area contributed by atoms with Crippen LogP contribution >= 0.6 is 0 Å². The smallest absolute Gasteiger partial charge is 0.112 e.